The molecule has 0 N–H and O–H groups in total. The first-order valence-electron chi connectivity index (χ1n) is 4.66. The van der Waals surface area contributed by atoms with Crippen LogP contribution in [0.25, 0.3) is 0 Å². The maximum absolute atomic E-state index is 11.4. The minimum atomic E-state index is 0.295. The number of rotatable bonds is 0. The highest BCUT2D eigenvalue weighted by molar-refractivity contribution is 5.79. The van der Waals surface area contributed by atoms with Crippen LogP contribution in [0.3, 0.4) is 0 Å². The largest absolute Gasteiger partial charge is 0.319 e. The lowest BCUT2D eigenvalue weighted by Crippen LogP contribution is -2.33. The van der Waals surface area contributed by atoms with Gasteiger partial charge in [-0.3, -0.25) is 4.79 Å². The molecule has 12 heavy (non-hydrogen) atoms. The van der Waals surface area contributed by atoms with E-state index in [1.165, 1.54) is 24.1 Å². The van der Waals surface area contributed by atoms with Gasteiger partial charge in [-0.1, -0.05) is 6.92 Å². The van der Waals surface area contributed by atoms with E-state index in [-0.39, 0.29) is 0 Å². The Morgan fingerprint density at radius 3 is 2.58 bits per heavy atom. The first kappa shape index (κ1) is 7.84. The Bertz CT molecular complexity index is 249. The summed E-state index contributed by atoms with van der Waals surface area (Å²) in [5.41, 5.74) is 2.83. The van der Waals surface area contributed by atoms with Gasteiger partial charge in [-0.05, 0) is 30.8 Å². The molecule has 0 aromatic rings. The fourth-order valence-corrected chi connectivity index (χ4v) is 1.86. The van der Waals surface area contributed by atoms with Gasteiger partial charge in [0.2, 0.25) is 5.91 Å². The van der Waals surface area contributed by atoms with E-state index in [1.807, 2.05) is 11.9 Å². The van der Waals surface area contributed by atoms with Gasteiger partial charge in [0, 0.05) is 19.2 Å². The van der Waals surface area contributed by atoms with Crippen molar-refractivity contribution in [1.82, 2.24) is 4.90 Å². The molecule has 0 radical (unpaired) electrons. The molecule has 1 aliphatic heterocycles. The summed E-state index contributed by atoms with van der Waals surface area (Å²) < 4.78 is 0. The van der Waals surface area contributed by atoms with Crippen LogP contribution in [0.4, 0.5) is 0 Å². The van der Waals surface area contributed by atoms with Crippen LogP contribution in [0.1, 0.15) is 32.6 Å². The van der Waals surface area contributed by atoms with Crippen molar-refractivity contribution in [2.45, 2.75) is 32.6 Å². The fourth-order valence-electron chi connectivity index (χ4n) is 1.86. The summed E-state index contributed by atoms with van der Waals surface area (Å²) in [4.78, 5) is 13.3. The fraction of sp³-hybridized carbons (Fsp3) is 0.700. The molecular weight excluding hydrogens is 150 g/mol. The second-order valence-electron chi connectivity index (χ2n) is 4.02. The molecule has 2 fully saturated rings. The Hall–Kier alpha value is -0.790. The standard InChI is InChI=1S/C10H15NO/c1-7-5-9(8-3-4-8)11(2)10(12)6-7/h7H,3-6H2,1-2H3. The molecule has 1 atom stereocenters. The minimum Gasteiger partial charge on any atom is -0.319 e. The van der Waals surface area contributed by atoms with Gasteiger partial charge in [0.15, 0.2) is 0 Å². The molecule has 1 saturated carbocycles. The molecule has 2 aliphatic rings. The van der Waals surface area contributed by atoms with E-state index in [2.05, 4.69) is 6.92 Å². The zero-order valence-corrected chi connectivity index (χ0v) is 7.76. The molecule has 2 rings (SSSR count). The molecule has 1 aliphatic carbocycles. The Balaban J connectivity index is 2.22. The van der Waals surface area contributed by atoms with Crippen molar-refractivity contribution in [3.63, 3.8) is 0 Å². The number of hydrogen-bond donors (Lipinski definition) is 0. The lowest BCUT2D eigenvalue weighted by Gasteiger charge is -2.29. The van der Waals surface area contributed by atoms with Crippen molar-refractivity contribution in [2.75, 3.05) is 7.05 Å². The van der Waals surface area contributed by atoms with Gasteiger partial charge in [-0.15, -0.1) is 0 Å². The molecule has 66 valence electrons. The Kier molecular flexibility index (Phi) is 1.71. The third-order valence-electron chi connectivity index (χ3n) is 2.75. The number of carbonyl (C=O) groups excluding carboxylic acids is 1. The first-order chi connectivity index (χ1) is 5.68. The van der Waals surface area contributed by atoms with Crippen LogP contribution in [-0.2, 0) is 4.79 Å². The molecule has 0 bridgehead atoms. The lowest BCUT2D eigenvalue weighted by atomic mass is 9.95. The maximum Gasteiger partial charge on any atom is 0.226 e. The zero-order chi connectivity index (χ0) is 8.72. The van der Waals surface area contributed by atoms with E-state index >= 15 is 0 Å². The normalized spacial score (nSPS) is 29.7. The summed E-state index contributed by atoms with van der Waals surface area (Å²) in [5, 5.41) is 0. The lowest BCUT2D eigenvalue weighted by molar-refractivity contribution is -0.130. The highest BCUT2D eigenvalue weighted by atomic mass is 16.2. The highest BCUT2D eigenvalue weighted by Gasteiger charge is 2.29. The van der Waals surface area contributed by atoms with Gasteiger partial charge < -0.3 is 4.90 Å². The van der Waals surface area contributed by atoms with E-state index in [1.54, 1.807) is 0 Å². The molecule has 1 amide bonds. The smallest absolute Gasteiger partial charge is 0.226 e. The van der Waals surface area contributed by atoms with Gasteiger partial charge in [0.1, 0.15) is 0 Å². The zero-order valence-electron chi connectivity index (χ0n) is 7.76. The first-order valence-corrected chi connectivity index (χ1v) is 4.66. The maximum atomic E-state index is 11.4. The molecule has 1 unspecified atom stereocenters. The summed E-state index contributed by atoms with van der Waals surface area (Å²) in [6, 6.07) is 0. The van der Waals surface area contributed by atoms with Crippen molar-refractivity contribution >= 4 is 5.91 Å². The second-order valence-corrected chi connectivity index (χ2v) is 4.02. The van der Waals surface area contributed by atoms with Crippen molar-refractivity contribution in [2.24, 2.45) is 5.92 Å². The SMILES string of the molecule is CC1CC(=O)N(C)C(=C2CC2)C1. The van der Waals surface area contributed by atoms with Crippen LogP contribution in [0.2, 0.25) is 0 Å². The van der Waals surface area contributed by atoms with Gasteiger partial charge in [0.25, 0.3) is 0 Å². The summed E-state index contributed by atoms with van der Waals surface area (Å²) >= 11 is 0. The minimum absolute atomic E-state index is 0.295. The molecule has 2 heteroatoms. The predicted molar refractivity (Wildman–Crippen MR) is 47.4 cm³/mol. The summed E-state index contributed by atoms with van der Waals surface area (Å²) in [7, 11) is 1.91. The van der Waals surface area contributed by atoms with Crippen LogP contribution in [0.15, 0.2) is 11.3 Å². The average Bonchev–Trinajstić information content (AvgIpc) is 2.79. The molecule has 0 aromatic heterocycles. The van der Waals surface area contributed by atoms with Crippen molar-refractivity contribution in [3.8, 4) is 0 Å². The second kappa shape index (κ2) is 2.61. The van der Waals surface area contributed by atoms with Crippen LogP contribution in [0.5, 0.6) is 0 Å². The highest BCUT2D eigenvalue weighted by Crippen LogP contribution is 2.38. The molecule has 0 spiro atoms. The Morgan fingerprint density at radius 1 is 1.33 bits per heavy atom. The van der Waals surface area contributed by atoms with Crippen LogP contribution < -0.4 is 0 Å². The molecule has 2 nitrogen and oxygen atoms in total. The monoisotopic (exact) mass is 165 g/mol. The number of nitrogens with zero attached hydrogens (tertiary/aromatic N) is 1. The van der Waals surface area contributed by atoms with Gasteiger partial charge in [0.05, 0.1) is 0 Å². The Labute approximate surface area is 73.2 Å². The third-order valence-corrected chi connectivity index (χ3v) is 2.75. The van der Waals surface area contributed by atoms with Crippen LogP contribution in [0, 0.1) is 5.92 Å². The molecule has 0 aromatic carbocycles. The van der Waals surface area contributed by atoms with E-state index in [0.717, 1.165) is 12.8 Å². The van der Waals surface area contributed by atoms with Crippen LogP contribution in [-0.4, -0.2) is 17.9 Å². The van der Waals surface area contributed by atoms with E-state index in [0.29, 0.717) is 11.8 Å². The summed E-state index contributed by atoms with van der Waals surface area (Å²) in [6.07, 6.45) is 4.28. The number of likely N-dealkylation sites (tertiary alicyclic amines) is 1. The quantitative estimate of drug-likeness (QED) is 0.537. The topological polar surface area (TPSA) is 20.3 Å². The molecule has 1 heterocycles. The summed E-state index contributed by atoms with van der Waals surface area (Å²) in [6.45, 7) is 2.16. The predicted octanol–water partition coefficient (Wildman–Crippen LogP) is 1.92. The van der Waals surface area contributed by atoms with Gasteiger partial charge in [-0.2, -0.15) is 0 Å². The van der Waals surface area contributed by atoms with E-state index in [4.69, 9.17) is 0 Å². The van der Waals surface area contributed by atoms with Crippen molar-refractivity contribution < 1.29 is 4.79 Å². The number of piperidine rings is 1. The number of hydrogen-bond acceptors (Lipinski definition) is 1. The Morgan fingerprint density at radius 2 is 2.00 bits per heavy atom. The number of allylic oxidation sites excluding steroid dienone is 2. The van der Waals surface area contributed by atoms with E-state index in [9.17, 15) is 4.79 Å². The van der Waals surface area contributed by atoms with Gasteiger partial charge >= 0.3 is 0 Å². The van der Waals surface area contributed by atoms with Crippen LogP contribution >= 0.6 is 0 Å². The average molecular weight is 165 g/mol. The number of amides is 1. The van der Waals surface area contributed by atoms with E-state index < -0.39 is 0 Å². The number of carbonyl (C=O) groups is 1. The third kappa shape index (κ3) is 1.26. The molecular formula is C10H15NO. The molecule has 1 saturated heterocycles. The van der Waals surface area contributed by atoms with Crippen molar-refractivity contribution in [1.29, 1.82) is 0 Å². The summed E-state index contributed by atoms with van der Waals surface area (Å²) in [5.74, 6) is 0.847. The van der Waals surface area contributed by atoms with Crippen molar-refractivity contribution in [3.05, 3.63) is 11.3 Å². The van der Waals surface area contributed by atoms with Gasteiger partial charge in [-0.25, -0.2) is 0 Å².